The van der Waals surface area contributed by atoms with Crippen molar-refractivity contribution in [1.82, 2.24) is 10.3 Å². The number of halogens is 2. The van der Waals surface area contributed by atoms with Gasteiger partial charge in [-0.3, -0.25) is 9.59 Å². The van der Waals surface area contributed by atoms with E-state index in [9.17, 15) is 18.4 Å². The second-order valence-electron chi connectivity index (χ2n) is 7.06. The summed E-state index contributed by atoms with van der Waals surface area (Å²) >= 11 is 1.19. The van der Waals surface area contributed by atoms with Crippen molar-refractivity contribution in [3.8, 4) is 17.0 Å². The lowest BCUT2D eigenvalue weighted by Crippen LogP contribution is -2.38. The van der Waals surface area contributed by atoms with Gasteiger partial charge in [0.15, 0.2) is 5.13 Å². The Morgan fingerprint density at radius 1 is 1.28 bits per heavy atom. The highest BCUT2D eigenvalue weighted by atomic mass is 32.1. The van der Waals surface area contributed by atoms with Crippen LogP contribution >= 0.6 is 11.3 Å². The number of nitrogens with zero attached hydrogens (tertiary/aromatic N) is 1. The number of carbonyl (C=O) groups excluding carboxylic acids is 2. The monoisotopic (exact) mass is 423 g/mol. The van der Waals surface area contributed by atoms with Gasteiger partial charge < -0.3 is 15.4 Å². The quantitative estimate of drug-likeness (QED) is 0.658. The molecule has 3 rings (SSSR count). The molecular formula is C20H23F2N3O3S. The van der Waals surface area contributed by atoms with Crippen LogP contribution in [0.25, 0.3) is 11.3 Å². The molecule has 0 saturated heterocycles. The van der Waals surface area contributed by atoms with Crippen molar-refractivity contribution in [2.75, 3.05) is 5.32 Å². The average Bonchev–Trinajstić information content (AvgIpc) is 3.33. The zero-order valence-electron chi connectivity index (χ0n) is 16.0. The number of rotatable bonds is 8. The van der Waals surface area contributed by atoms with Gasteiger partial charge in [-0.25, -0.2) is 4.98 Å². The summed E-state index contributed by atoms with van der Waals surface area (Å²) in [6.07, 6.45) is 4.08. The average molecular weight is 423 g/mol. The van der Waals surface area contributed by atoms with Crippen LogP contribution in [0.1, 0.15) is 39.0 Å². The third-order valence-electron chi connectivity index (χ3n) is 4.74. The molecule has 1 heterocycles. The molecule has 156 valence electrons. The molecule has 0 bridgehead atoms. The molecule has 1 saturated carbocycles. The van der Waals surface area contributed by atoms with E-state index in [0.717, 1.165) is 25.7 Å². The predicted octanol–water partition coefficient (Wildman–Crippen LogP) is 4.44. The zero-order valence-corrected chi connectivity index (χ0v) is 16.8. The number of carbonyl (C=O) groups is 2. The van der Waals surface area contributed by atoms with Crippen molar-refractivity contribution in [3.63, 3.8) is 0 Å². The van der Waals surface area contributed by atoms with Gasteiger partial charge in [0.25, 0.3) is 0 Å². The summed E-state index contributed by atoms with van der Waals surface area (Å²) in [6, 6.07) is 6.06. The molecule has 1 aliphatic rings. The van der Waals surface area contributed by atoms with Gasteiger partial charge in [-0.15, -0.1) is 11.3 Å². The lowest BCUT2D eigenvalue weighted by atomic mass is 10.1. The fraction of sp³-hybridized carbons (Fsp3) is 0.450. The summed E-state index contributed by atoms with van der Waals surface area (Å²) in [6.45, 7) is -1.15. The Morgan fingerprint density at radius 2 is 2.00 bits per heavy atom. The van der Waals surface area contributed by atoms with Crippen molar-refractivity contribution in [3.05, 3.63) is 29.6 Å². The Bertz CT molecular complexity index is 853. The van der Waals surface area contributed by atoms with E-state index in [1.165, 1.54) is 17.4 Å². The molecule has 1 aromatic carbocycles. The first-order chi connectivity index (χ1) is 13.9. The first-order valence-corrected chi connectivity index (χ1v) is 10.4. The van der Waals surface area contributed by atoms with Crippen LogP contribution in [0.2, 0.25) is 0 Å². The molecule has 29 heavy (non-hydrogen) atoms. The Hall–Kier alpha value is -2.55. The number of amides is 2. The Kier molecular flexibility index (Phi) is 7.13. The Labute approximate surface area is 171 Å². The van der Waals surface area contributed by atoms with Gasteiger partial charge in [0.1, 0.15) is 5.75 Å². The summed E-state index contributed by atoms with van der Waals surface area (Å²) in [4.78, 5) is 28.7. The van der Waals surface area contributed by atoms with Crippen LogP contribution < -0.4 is 15.4 Å². The second-order valence-corrected chi connectivity index (χ2v) is 7.91. The molecule has 2 aromatic rings. The van der Waals surface area contributed by atoms with Crippen molar-refractivity contribution in [2.45, 2.75) is 51.7 Å². The topological polar surface area (TPSA) is 80.3 Å². The first kappa shape index (κ1) is 21.2. The fourth-order valence-electron chi connectivity index (χ4n) is 3.38. The second kappa shape index (κ2) is 9.78. The molecule has 1 unspecified atom stereocenters. The van der Waals surface area contributed by atoms with Crippen molar-refractivity contribution >= 4 is 28.3 Å². The van der Waals surface area contributed by atoms with Crippen LogP contribution in [-0.2, 0) is 9.59 Å². The molecule has 0 aliphatic heterocycles. The maximum atomic E-state index is 12.6. The number of aromatic nitrogens is 1. The summed E-state index contributed by atoms with van der Waals surface area (Å²) in [7, 11) is 0. The maximum Gasteiger partial charge on any atom is 0.387 e. The molecule has 1 atom stereocenters. The van der Waals surface area contributed by atoms with Crippen LogP contribution in [0.15, 0.2) is 29.6 Å². The van der Waals surface area contributed by atoms with E-state index < -0.39 is 6.61 Å². The number of alkyl halides is 2. The number of para-hydroxylation sites is 1. The van der Waals surface area contributed by atoms with E-state index >= 15 is 0 Å². The van der Waals surface area contributed by atoms with E-state index in [-0.39, 0.29) is 35.9 Å². The largest absolute Gasteiger partial charge is 0.434 e. The van der Waals surface area contributed by atoms with Gasteiger partial charge in [0.2, 0.25) is 11.8 Å². The SMILES string of the molecule is CC(CC(=O)Nc1nc(-c2ccccc2OC(F)F)cs1)NC(=O)C1CCCC1. The normalized spacial score (nSPS) is 15.3. The number of hydrogen-bond donors (Lipinski definition) is 2. The third-order valence-corrected chi connectivity index (χ3v) is 5.49. The summed E-state index contributed by atoms with van der Waals surface area (Å²) in [5, 5.41) is 7.60. The number of anilines is 1. The summed E-state index contributed by atoms with van der Waals surface area (Å²) < 4.78 is 29.7. The van der Waals surface area contributed by atoms with Gasteiger partial charge in [0, 0.05) is 29.3 Å². The molecule has 1 aromatic heterocycles. The van der Waals surface area contributed by atoms with E-state index in [4.69, 9.17) is 0 Å². The van der Waals surface area contributed by atoms with Gasteiger partial charge in [-0.05, 0) is 31.9 Å². The number of benzene rings is 1. The number of ether oxygens (including phenoxy) is 1. The molecular weight excluding hydrogens is 400 g/mol. The van der Waals surface area contributed by atoms with Gasteiger partial charge in [0.05, 0.1) is 5.69 Å². The molecule has 9 heteroatoms. The van der Waals surface area contributed by atoms with Gasteiger partial charge in [-0.1, -0.05) is 25.0 Å². The van der Waals surface area contributed by atoms with Crippen molar-refractivity contribution in [1.29, 1.82) is 0 Å². The summed E-state index contributed by atoms with van der Waals surface area (Å²) in [5.74, 6) is -0.191. The maximum absolute atomic E-state index is 12.6. The molecule has 1 fully saturated rings. The third kappa shape index (κ3) is 5.96. The van der Waals surface area contributed by atoms with Crippen LogP contribution in [0.4, 0.5) is 13.9 Å². The molecule has 2 amide bonds. The van der Waals surface area contributed by atoms with E-state index in [2.05, 4.69) is 20.4 Å². The highest BCUT2D eigenvalue weighted by Gasteiger charge is 2.24. The zero-order chi connectivity index (χ0) is 20.8. The number of nitrogens with one attached hydrogen (secondary N) is 2. The standard InChI is InChI=1S/C20H23F2N3O3S/c1-12(23-18(27)13-6-2-3-7-13)10-17(26)25-20-24-15(11-29-20)14-8-4-5-9-16(14)28-19(21)22/h4-5,8-9,11-13,19H,2-3,6-7,10H2,1H3,(H,23,27)(H,24,25,26). The van der Waals surface area contributed by atoms with E-state index in [1.54, 1.807) is 30.5 Å². The highest BCUT2D eigenvalue weighted by Crippen LogP contribution is 2.33. The first-order valence-electron chi connectivity index (χ1n) is 9.52. The van der Waals surface area contributed by atoms with Crippen LogP contribution in [0, 0.1) is 5.92 Å². The van der Waals surface area contributed by atoms with Crippen molar-refractivity contribution < 1.29 is 23.1 Å². The Morgan fingerprint density at radius 3 is 2.72 bits per heavy atom. The lowest BCUT2D eigenvalue weighted by molar-refractivity contribution is -0.125. The molecule has 0 radical (unpaired) electrons. The molecule has 2 N–H and O–H groups in total. The van der Waals surface area contributed by atoms with Crippen molar-refractivity contribution in [2.24, 2.45) is 5.92 Å². The summed E-state index contributed by atoms with van der Waals surface area (Å²) in [5.41, 5.74) is 0.853. The van der Waals surface area contributed by atoms with E-state index in [0.29, 0.717) is 16.4 Å². The smallest absolute Gasteiger partial charge is 0.387 e. The van der Waals surface area contributed by atoms with Crippen LogP contribution in [0.3, 0.4) is 0 Å². The van der Waals surface area contributed by atoms with Crippen LogP contribution in [0.5, 0.6) is 5.75 Å². The van der Waals surface area contributed by atoms with Gasteiger partial charge in [-0.2, -0.15) is 8.78 Å². The number of hydrogen-bond acceptors (Lipinski definition) is 5. The number of thiazole rings is 1. The minimum Gasteiger partial charge on any atom is -0.434 e. The van der Waals surface area contributed by atoms with E-state index in [1.807, 2.05) is 0 Å². The minimum absolute atomic E-state index is 0.00923. The highest BCUT2D eigenvalue weighted by molar-refractivity contribution is 7.14. The fourth-order valence-corrected chi connectivity index (χ4v) is 4.11. The van der Waals surface area contributed by atoms with Crippen LogP contribution in [-0.4, -0.2) is 29.5 Å². The molecule has 1 aliphatic carbocycles. The minimum atomic E-state index is -2.94. The molecule has 6 nitrogen and oxygen atoms in total. The lowest BCUT2D eigenvalue weighted by Gasteiger charge is -2.16. The predicted molar refractivity (Wildman–Crippen MR) is 107 cm³/mol. The Balaban J connectivity index is 1.56. The molecule has 0 spiro atoms. The van der Waals surface area contributed by atoms with Gasteiger partial charge >= 0.3 is 6.61 Å².